The van der Waals surface area contributed by atoms with Crippen molar-refractivity contribution in [2.45, 2.75) is 12.8 Å². The molecule has 1 N–H and O–H groups in total. The van der Waals surface area contributed by atoms with Gasteiger partial charge in [0.2, 0.25) is 0 Å². The molecule has 1 heterocycles. The number of amides is 1. The Kier molecular flexibility index (Phi) is 7.06. The second-order valence-electron chi connectivity index (χ2n) is 7.24. The lowest BCUT2D eigenvalue weighted by Crippen LogP contribution is -2.33. The Hall–Kier alpha value is -1.59. The van der Waals surface area contributed by atoms with Gasteiger partial charge in [0, 0.05) is 37.9 Å². The van der Waals surface area contributed by atoms with E-state index in [2.05, 4.69) is 22.2 Å². The molecule has 1 saturated heterocycles. The topological polar surface area (TPSA) is 38.8 Å². The van der Waals surface area contributed by atoms with Crippen molar-refractivity contribution in [1.29, 1.82) is 0 Å². The third-order valence-electron chi connectivity index (χ3n) is 4.77. The minimum Gasteiger partial charge on any atom is -0.385 e. The number of likely N-dealkylation sites (N-methyl/N-ethyl adjacent to an activating group) is 2. The standard InChI is InChI=1S/C19H32N4O/c1-21(2)12-13-23(4)19(24)17-6-5-7-18(14-17)20-15-16-8-10-22(3)11-9-16/h5-7,14,16,20H,8-13,15H2,1-4H3. The fourth-order valence-corrected chi connectivity index (χ4v) is 2.96. The summed E-state index contributed by atoms with van der Waals surface area (Å²) in [5, 5.41) is 3.52. The van der Waals surface area contributed by atoms with Crippen molar-refractivity contribution in [3.63, 3.8) is 0 Å². The number of hydrogen-bond donors (Lipinski definition) is 1. The van der Waals surface area contributed by atoms with Gasteiger partial charge in [0.05, 0.1) is 0 Å². The molecule has 1 aliphatic rings. The summed E-state index contributed by atoms with van der Waals surface area (Å²) in [4.78, 5) is 18.8. The molecule has 0 atom stereocenters. The van der Waals surface area contributed by atoms with Crippen molar-refractivity contribution in [2.75, 3.05) is 66.2 Å². The highest BCUT2D eigenvalue weighted by molar-refractivity contribution is 5.95. The maximum atomic E-state index is 12.5. The SMILES string of the molecule is CN(C)CCN(C)C(=O)c1cccc(NCC2CCN(C)CC2)c1. The molecule has 1 amide bonds. The van der Waals surface area contributed by atoms with Crippen LogP contribution in [0.4, 0.5) is 5.69 Å². The Morgan fingerprint density at radius 3 is 2.58 bits per heavy atom. The summed E-state index contributed by atoms with van der Waals surface area (Å²) in [7, 11) is 8.09. The highest BCUT2D eigenvalue weighted by atomic mass is 16.2. The van der Waals surface area contributed by atoms with E-state index in [0.717, 1.165) is 36.8 Å². The van der Waals surface area contributed by atoms with E-state index in [1.807, 2.05) is 45.4 Å². The van der Waals surface area contributed by atoms with E-state index in [1.165, 1.54) is 25.9 Å². The second kappa shape index (κ2) is 9.04. The molecule has 1 aromatic rings. The number of rotatable bonds is 7. The first-order valence-corrected chi connectivity index (χ1v) is 8.88. The zero-order valence-corrected chi connectivity index (χ0v) is 15.6. The van der Waals surface area contributed by atoms with Crippen LogP contribution < -0.4 is 5.32 Å². The summed E-state index contributed by atoms with van der Waals surface area (Å²) < 4.78 is 0. The Bertz CT molecular complexity index is 524. The number of nitrogens with zero attached hydrogens (tertiary/aromatic N) is 3. The lowest BCUT2D eigenvalue weighted by Gasteiger charge is -2.29. The van der Waals surface area contributed by atoms with Crippen LogP contribution in [0.3, 0.4) is 0 Å². The Labute approximate surface area is 146 Å². The van der Waals surface area contributed by atoms with Crippen molar-refractivity contribution in [2.24, 2.45) is 5.92 Å². The Balaban J connectivity index is 1.87. The first-order chi connectivity index (χ1) is 11.5. The maximum Gasteiger partial charge on any atom is 0.253 e. The summed E-state index contributed by atoms with van der Waals surface area (Å²) >= 11 is 0. The van der Waals surface area contributed by atoms with Gasteiger partial charge in [-0.3, -0.25) is 4.79 Å². The Morgan fingerprint density at radius 2 is 1.92 bits per heavy atom. The van der Waals surface area contributed by atoms with Gasteiger partial charge in [-0.2, -0.15) is 0 Å². The summed E-state index contributed by atoms with van der Waals surface area (Å²) in [6.07, 6.45) is 2.49. The number of carbonyl (C=O) groups is 1. The smallest absolute Gasteiger partial charge is 0.253 e. The predicted octanol–water partition coefficient (Wildman–Crippen LogP) is 2.07. The third kappa shape index (κ3) is 5.80. The first kappa shape index (κ1) is 18.7. The van der Waals surface area contributed by atoms with Crippen molar-refractivity contribution >= 4 is 11.6 Å². The zero-order chi connectivity index (χ0) is 17.5. The van der Waals surface area contributed by atoms with Gasteiger partial charge in [-0.1, -0.05) is 6.07 Å². The average molecular weight is 332 g/mol. The predicted molar refractivity (Wildman–Crippen MR) is 101 cm³/mol. The van der Waals surface area contributed by atoms with E-state index in [1.54, 1.807) is 4.90 Å². The molecule has 0 bridgehead atoms. The van der Waals surface area contributed by atoms with E-state index in [0.29, 0.717) is 0 Å². The van der Waals surface area contributed by atoms with Crippen LogP contribution in [0.25, 0.3) is 0 Å². The molecule has 1 aliphatic heterocycles. The van der Waals surface area contributed by atoms with E-state index in [4.69, 9.17) is 0 Å². The molecule has 0 spiro atoms. The molecule has 24 heavy (non-hydrogen) atoms. The highest BCUT2D eigenvalue weighted by Gasteiger charge is 2.17. The molecule has 2 rings (SSSR count). The number of carbonyl (C=O) groups excluding carboxylic acids is 1. The fraction of sp³-hybridized carbons (Fsp3) is 0.632. The summed E-state index contributed by atoms with van der Waals surface area (Å²) in [5.74, 6) is 0.808. The molecule has 0 aromatic heterocycles. The molecule has 1 fully saturated rings. The third-order valence-corrected chi connectivity index (χ3v) is 4.77. The number of nitrogens with one attached hydrogen (secondary N) is 1. The zero-order valence-electron chi connectivity index (χ0n) is 15.6. The maximum absolute atomic E-state index is 12.5. The van der Waals surface area contributed by atoms with Gasteiger partial charge in [-0.05, 0) is 71.2 Å². The second-order valence-corrected chi connectivity index (χ2v) is 7.24. The van der Waals surface area contributed by atoms with Crippen LogP contribution in [0.15, 0.2) is 24.3 Å². The summed E-state index contributed by atoms with van der Waals surface area (Å²) in [6.45, 7) is 4.96. The van der Waals surface area contributed by atoms with Crippen LogP contribution in [0.1, 0.15) is 23.2 Å². The van der Waals surface area contributed by atoms with Gasteiger partial charge < -0.3 is 20.0 Å². The average Bonchev–Trinajstić information content (AvgIpc) is 2.58. The van der Waals surface area contributed by atoms with Gasteiger partial charge in [0.25, 0.3) is 5.91 Å². The highest BCUT2D eigenvalue weighted by Crippen LogP contribution is 2.18. The van der Waals surface area contributed by atoms with Gasteiger partial charge in [-0.15, -0.1) is 0 Å². The molecule has 5 nitrogen and oxygen atoms in total. The van der Waals surface area contributed by atoms with E-state index >= 15 is 0 Å². The van der Waals surface area contributed by atoms with Crippen LogP contribution in [0.5, 0.6) is 0 Å². The van der Waals surface area contributed by atoms with Gasteiger partial charge in [-0.25, -0.2) is 0 Å². The van der Waals surface area contributed by atoms with Gasteiger partial charge in [0.1, 0.15) is 0 Å². The van der Waals surface area contributed by atoms with Crippen LogP contribution in [0.2, 0.25) is 0 Å². The number of hydrogen-bond acceptors (Lipinski definition) is 4. The normalized spacial score (nSPS) is 16.4. The van der Waals surface area contributed by atoms with Crippen molar-refractivity contribution in [3.05, 3.63) is 29.8 Å². The molecule has 0 unspecified atom stereocenters. The van der Waals surface area contributed by atoms with E-state index in [9.17, 15) is 4.79 Å². The van der Waals surface area contributed by atoms with Crippen LogP contribution in [-0.2, 0) is 0 Å². The number of piperidine rings is 1. The molecule has 0 saturated carbocycles. The number of likely N-dealkylation sites (tertiary alicyclic amines) is 1. The minimum atomic E-state index is 0.0831. The quantitative estimate of drug-likeness (QED) is 0.830. The molecule has 134 valence electrons. The van der Waals surface area contributed by atoms with Crippen molar-refractivity contribution in [3.8, 4) is 0 Å². The fourth-order valence-electron chi connectivity index (χ4n) is 2.96. The minimum absolute atomic E-state index is 0.0831. The van der Waals surface area contributed by atoms with E-state index in [-0.39, 0.29) is 5.91 Å². The molecule has 5 heteroatoms. The van der Waals surface area contributed by atoms with Gasteiger partial charge in [0.15, 0.2) is 0 Å². The molecular weight excluding hydrogens is 300 g/mol. The molecular formula is C19H32N4O. The molecule has 0 aliphatic carbocycles. The van der Waals surface area contributed by atoms with Crippen LogP contribution in [-0.4, -0.2) is 81.5 Å². The lowest BCUT2D eigenvalue weighted by molar-refractivity contribution is 0.0786. The summed E-state index contributed by atoms with van der Waals surface area (Å²) in [6, 6.07) is 7.88. The van der Waals surface area contributed by atoms with Crippen LogP contribution in [0, 0.1) is 5.92 Å². The number of benzene rings is 1. The van der Waals surface area contributed by atoms with E-state index < -0.39 is 0 Å². The summed E-state index contributed by atoms with van der Waals surface area (Å²) in [5.41, 5.74) is 1.80. The first-order valence-electron chi connectivity index (χ1n) is 8.88. The number of anilines is 1. The Morgan fingerprint density at radius 1 is 1.21 bits per heavy atom. The van der Waals surface area contributed by atoms with Crippen molar-refractivity contribution in [1.82, 2.24) is 14.7 Å². The molecule has 0 radical (unpaired) electrons. The monoisotopic (exact) mass is 332 g/mol. The molecule has 1 aromatic carbocycles. The van der Waals surface area contributed by atoms with Crippen LogP contribution >= 0.6 is 0 Å². The van der Waals surface area contributed by atoms with Crippen molar-refractivity contribution < 1.29 is 4.79 Å². The van der Waals surface area contributed by atoms with Gasteiger partial charge >= 0.3 is 0 Å². The lowest BCUT2D eigenvalue weighted by atomic mass is 9.97. The largest absolute Gasteiger partial charge is 0.385 e.